The Morgan fingerprint density at radius 2 is 1.86 bits per heavy atom. The second kappa shape index (κ2) is 6.60. The third-order valence-electron chi connectivity index (χ3n) is 3.18. The molecule has 0 spiro atoms. The van der Waals surface area contributed by atoms with E-state index in [4.69, 9.17) is 0 Å². The molecule has 0 saturated heterocycles. The zero-order valence-electron chi connectivity index (χ0n) is 12.7. The van der Waals surface area contributed by atoms with Crippen LogP contribution in [0.3, 0.4) is 0 Å². The number of sulfonamides is 1. The van der Waals surface area contributed by atoms with Crippen molar-refractivity contribution >= 4 is 27.3 Å². The minimum atomic E-state index is -3.41. The molecular formula is C15H18N2O3S2. The predicted octanol–water partition coefficient (Wildman–Crippen LogP) is 2.24. The summed E-state index contributed by atoms with van der Waals surface area (Å²) in [6.07, 6.45) is 0. The van der Waals surface area contributed by atoms with E-state index >= 15 is 0 Å². The summed E-state index contributed by atoms with van der Waals surface area (Å²) in [5.41, 5.74) is 1.53. The van der Waals surface area contributed by atoms with Crippen LogP contribution in [0.2, 0.25) is 0 Å². The first-order valence-corrected chi connectivity index (χ1v) is 8.93. The number of hydrogen-bond donors (Lipinski definition) is 1. The van der Waals surface area contributed by atoms with Crippen LogP contribution in [0.4, 0.5) is 0 Å². The maximum absolute atomic E-state index is 12.1. The summed E-state index contributed by atoms with van der Waals surface area (Å²) >= 11 is 1.17. The van der Waals surface area contributed by atoms with Gasteiger partial charge in [0.25, 0.3) is 15.9 Å². The lowest BCUT2D eigenvalue weighted by molar-refractivity contribution is 0.0950. The highest BCUT2D eigenvalue weighted by Gasteiger charge is 2.19. The van der Waals surface area contributed by atoms with Crippen molar-refractivity contribution in [3.63, 3.8) is 0 Å². The molecule has 0 saturated carbocycles. The molecule has 7 heteroatoms. The summed E-state index contributed by atoms with van der Waals surface area (Å²) in [6.45, 7) is 2.18. The van der Waals surface area contributed by atoms with Crippen molar-refractivity contribution in [2.45, 2.75) is 17.7 Å². The number of nitrogens with zero attached hydrogens (tertiary/aromatic N) is 1. The largest absolute Gasteiger partial charge is 0.347 e. The Morgan fingerprint density at radius 3 is 2.50 bits per heavy atom. The predicted molar refractivity (Wildman–Crippen MR) is 87.5 cm³/mol. The molecule has 0 bridgehead atoms. The van der Waals surface area contributed by atoms with Crippen molar-refractivity contribution in [2.75, 3.05) is 14.1 Å². The molecule has 1 aromatic carbocycles. The van der Waals surface area contributed by atoms with Crippen LogP contribution in [-0.2, 0) is 16.6 Å². The topological polar surface area (TPSA) is 66.5 Å². The molecular weight excluding hydrogens is 320 g/mol. The van der Waals surface area contributed by atoms with Crippen molar-refractivity contribution in [3.8, 4) is 0 Å². The van der Waals surface area contributed by atoms with Gasteiger partial charge in [-0.3, -0.25) is 4.79 Å². The molecule has 0 aliphatic rings. The molecule has 0 radical (unpaired) electrons. The van der Waals surface area contributed by atoms with E-state index in [-0.39, 0.29) is 10.1 Å². The molecule has 1 heterocycles. The van der Waals surface area contributed by atoms with Gasteiger partial charge >= 0.3 is 0 Å². The number of rotatable bonds is 5. The number of hydrogen-bond acceptors (Lipinski definition) is 4. The number of thiophene rings is 1. The first kappa shape index (κ1) is 16.7. The minimum Gasteiger partial charge on any atom is -0.347 e. The number of benzene rings is 1. The molecule has 0 aliphatic heterocycles. The van der Waals surface area contributed by atoms with Gasteiger partial charge in [-0.1, -0.05) is 18.2 Å². The molecule has 5 nitrogen and oxygen atoms in total. The first-order chi connectivity index (χ1) is 10.3. The average Bonchev–Trinajstić information content (AvgIpc) is 2.94. The summed E-state index contributed by atoms with van der Waals surface area (Å²) in [5.74, 6) is -0.163. The van der Waals surface area contributed by atoms with Crippen LogP contribution in [0.1, 0.15) is 20.8 Å². The molecule has 0 unspecified atom stereocenters. The average molecular weight is 338 g/mol. The molecule has 1 N–H and O–H groups in total. The fourth-order valence-electron chi connectivity index (χ4n) is 1.86. The molecule has 118 valence electrons. The monoisotopic (exact) mass is 338 g/mol. The van der Waals surface area contributed by atoms with Crippen LogP contribution in [-0.4, -0.2) is 32.7 Å². The van der Waals surface area contributed by atoms with Gasteiger partial charge in [-0.25, -0.2) is 12.7 Å². The lowest BCUT2D eigenvalue weighted by Gasteiger charge is -2.08. The van der Waals surface area contributed by atoms with Crippen LogP contribution in [0, 0.1) is 6.92 Å². The van der Waals surface area contributed by atoms with Gasteiger partial charge in [0.15, 0.2) is 0 Å². The van der Waals surface area contributed by atoms with E-state index in [1.54, 1.807) is 18.2 Å². The zero-order valence-corrected chi connectivity index (χ0v) is 14.3. The highest BCUT2D eigenvalue weighted by Crippen LogP contribution is 2.23. The normalized spacial score (nSPS) is 11.6. The van der Waals surface area contributed by atoms with Gasteiger partial charge in [-0.15, -0.1) is 11.3 Å². The summed E-state index contributed by atoms with van der Waals surface area (Å²) in [6, 6.07) is 10.6. The molecule has 22 heavy (non-hydrogen) atoms. The van der Waals surface area contributed by atoms with Crippen molar-refractivity contribution < 1.29 is 13.2 Å². The second-order valence-corrected chi connectivity index (χ2v) is 8.55. The van der Waals surface area contributed by atoms with Gasteiger partial charge in [0.2, 0.25) is 0 Å². The van der Waals surface area contributed by atoms with Crippen molar-refractivity contribution in [2.24, 2.45) is 0 Å². The van der Waals surface area contributed by atoms with E-state index < -0.39 is 10.0 Å². The first-order valence-electron chi connectivity index (χ1n) is 6.67. The molecule has 0 fully saturated rings. The number of aryl methyl sites for hydroxylation is 1. The fourth-order valence-corrected chi connectivity index (χ4v) is 4.33. The van der Waals surface area contributed by atoms with Crippen molar-refractivity contribution in [1.82, 2.24) is 9.62 Å². The van der Waals surface area contributed by atoms with Gasteiger partial charge in [0.05, 0.1) is 6.54 Å². The Labute approximate surface area is 134 Å². The van der Waals surface area contributed by atoms with E-state index in [9.17, 15) is 13.2 Å². The van der Waals surface area contributed by atoms with E-state index in [2.05, 4.69) is 5.32 Å². The summed E-state index contributed by atoms with van der Waals surface area (Å²) in [5, 5.41) is 2.81. The summed E-state index contributed by atoms with van der Waals surface area (Å²) in [4.78, 5) is 12.9. The Bertz CT molecular complexity index is 780. The lowest BCUT2D eigenvalue weighted by Crippen LogP contribution is -2.23. The van der Waals surface area contributed by atoms with E-state index in [0.717, 1.165) is 10.4 Å². The SMILES string of the molecule is Cc1ccccc1C(=O)NCc1ccc(S(=O)(=O)N(C)C)s1. The van der Waals surface area contributed by atoms with Crippen LogP contribution in [0.5, 0.6) is 0 Å². The van der Waals surface area contributed by atoms with Gasteiger partial charge in [0.1, 0.15) is 4.21 Å². The molecule has 0 aliphatic carbocycles. The molecule has 2 aromatic rings. The maximum atomic E-state index is 12.1. The van der Waals surface area contributed by atoms with Crippen LogP contribution < -0.4 is 5.32 Å². The van der Waals surface area contributed by atoms with Crippen molar-refractivity contribution in [3.05, 3.63) is 52.4 Å². The number of carbonyl (C=O) groups is 1. The van der Waals surface area contributed by atoms with E-state index in [0.29, 0.717) is 12.1 Å². The third kappa shape index (κ3) is 3.55. The van der Waals surface area contributed by atoms with Crippen LogP contribution >= 0.6 is 11.3 Å². The Hall–Kier alpha value is -1.70. The van der Waals surface area contributed by atoms with E-state index in [1.807, 2.05) is 25.1 Å². The molecule has 1 aromatic heterocycles. The highest BCUT2D eigenvalue weighted by molar-refractivity contribution is 7.91. The van der Waals surface area contributed by atoms with Crippen LogP contribution in [0.25, 0.3) is 0 Å². The summed E-state index contributed by atoms with van der Waals surface area (Å²) < 4.78 is 25.4. The smallest absolute Gasteiger partial charge is 0.252 e. The van der Waals surface area contributed by atoms with Gasteiger partial charge < -0.3 is 5.32 Å². The minimum absolute atomic E-state index is 0.163. The van der Waals surface area contributed by atoms with Gasteiger partial charge in [-0.2, -0.15) is 0 Å². The standard InChI is InChI=1S/C15H18N2O3S2/c1-11-6-4-5-7-13(11)15(18)16-10-12-8-9-14(21-12)22(19,20)17(2)3/h4-9H,10H2,1-3H3,(H,16,18). The lowest BCUT2D eigenvalue weighted by atomic mass is 10.1. The zero-order chi connectivity index (χ0) is 16.3. The highest BCUT2D eigenvalue weighted by atomic mass is 32.2. The molecule has 0 atom stereocenters. The fraction of sp³-hybridized carbons (Fsp3) is 0.267. The number of amides is 1. The Balaban J connectivity index is 2.06. The number of carbonyl (C=O) groups excluding carboxylic acids is 1. The summed E-state index contributed by atoms with van der Waals surface area (Å²) in [7, 11) is -0.425. The quantitative estimate of drug-likeness (QED) is 0.909. The van der Waals surface area contributed by atoms with Gasteiger partial charge in [-0.05, 0) is 30.7 Å². The van der Waals surface area contributed by atoms with Gasteiger partial charge in [0, 0.05) is 24.5 Å². The van der Waals surface area contributed by atoms with Crippen LogP contribution in [0.15, 0.2) is 40.6 Å². The Kier molecular flexibility index (Phi) is 5.00. The third-order valence-corrected chi connectivity index (χ3v) is 6.55. The second-order valence-electron chi connectivity index (χ2n) is 5.01. The maximum Gasteiger partial charge on any atom is 0.252 e. The van der Waals surface area contributed by atoms with E-state index in [1.165, 1.54) is 29.7 Å². The molecule has 2 rings (SSSR count). The van der Waals surface area contributed by atoms with Crippen molar-refractivity contribution in [1.29, 1.82) is 0 Å². The Morgan fingerprint density at radius 1 is 1.18 bits per heavy atom. The number of nitrogens with one attached hydrogen (secondary N) is 1. The molecule has 1 amide bonds.